The number of aliphatic carboxylic acids is 1. The van der Waals surface area contributed by atoms with Crippen molar-refractivity contribution in [3.63, 3.8) is 0 Å². The first-order chi connectivity index (χ1) is 9.18. The van der Waals surface area contributed by atoms with Crippen LogP contribution in [0.2, 0.25) is 0 Å². The zero-order valence-electron chi connectivity index (χ0n) is 11.1. The van der Waals surface area contributed by atoms with Crippen LogP contribution < -0.4 is 0 Å². The summed E-state index contributed by atoms with van der Waals surface area (Å²) in [6.07, 6.45) is 6.13. The van der Waals surface area contributed by atoms with E-state index in [1.54, 1.807) is 4.90 Å². The Bertz CT molecular complexity index is 378. The second kappa shape index (κ2) is 5.12. The van der Waals surface area contributed by atoms with Crippen LogP contribution in [0.5, 0.6) is 0 Å². The van der Waals surface area contributed by atoms with Crippen LogP contribution in [-0.4, -0.2) is 46.7 Å². The Kier molecular flexibility index (Phi) is 3.48. The SMILES string of the molecule is O=C(O)C1CC2CCCCC2N1C(=O)C1CCCO1. The Labute approximate surface area is 112 Å². The summed E-state index contributed by atoms with van der Waals surface area (Å²) in [5.74, 6) is -0.569. The molecule has 1 amide bonds. The number of fused-ring (bicyclic) bond motifs is 1. The number of ether oxygens (including phenoxy) is 1. The monoisotopic (exact) mass is 267 g/mol. The van der Waals surface area contributed by atoms with Gasteiger partial charge in [0, 0.05) is 12.6 Å². The van der Waals surface area contributed by atoms with E-state index >= 15 is 0 Å². The quantitative estimate of drug-likeness (QED) is 0.821. The van der Waals surface area contributed by atoms with E-state index in [0.717, 1.165) is 38.5 Å². The number of carboxylic acid groups (broad SMARTS) is 1. The fourth-order valence-corrected chi connectivity index (χ4v) is 3.94. The maximum absolute atomic E-state index is 12.6. The molecular weight excluding hydrogens is 246 g/mol. The van der Waals surface area contributed by atoms with Gasteiger partial charge >= 0.3 is 5.97 Å². The Hall–Kier alpha value is -1.10. The van der Waals surface area contributed by atoms with Gasteiger partial charge in [-0.3, -0.25) is 4.79 Å². The molecule has 5 heteroatoms. The van der Waals surface area contributed by atoms with E-state index in [1.165, 1.54) is 0 Å². The van der Waals surface area contributed by atoms with Gasteiger partial charge in [-0.1, -0.05) is 12.8 Å². The molecule has 0 spiro atoms. The highest BCUT2D eigenvalue weighted by Gasteiger charge is 2.49. The van der Waals surface area contributed by atoms with Crippen molar-refractivity contribution in [2.24, 2.45) is 5.92 Å². The fourth-order valence-electron chi connectivity index (χ4n) is 3.94. The van der Waals surface area contributed by atoms with Gasteiger partial charge in [0.2, 0.25) is 0 Å². The number of rotatable bonds is 2. The van der Waals surface area contributed by atoms with Gasteiger partial charge in [0.05, 0.1) is 0 Å². The number of carbonyl (C=O) groups is 2. The largest absolute Gasteiger partial charge is 0.480 e. The highest BCUT2D eigenvalue weighted by Crippen LogP contribution is 2.40. The van der Waals surface area contributed by atoms with E-state index in [0.29, 0.717) is 18.9 Å². The molecule has 4 atom stereocenters. The van der Waals surface area contributed by atoms with Gasteiger partial charge in [-0.15, -0.1) is 0 Å². The van der Waals surface area contributed by atoms with Gasteiger partial charge < -0.3 is 14.7 Å². The lowest BCUT2D eigenvalue weighted by molar-refractivity contribution is -0.154. The normalized spacial score (nSPS) is 38.2. The summed E-state index contributed by atoms with van der Waals surface area (Å²) in [6.45, 7) is 0.621. The standard InChI is InChI=1S/C14H21NO4/c16-13(12-6-3-7-19-12)15-10-5-2-1-4-9(10)8-11(15)14(17)18/h9-12H,1-8H2,(H,17,18). The molecule has 1 aliphatic carbocycles. The zero-order chi connectivity index (χ0) is 13.4. The fraction of sp³-hybridized carbons (Fsp3) is 0.857. The molecular formula is C14H21NO4. The summed E-state index contributed by atoms with van der Waals surface area (Å²) >= 11 is 0. The summed E-state index contributed by atoms with van der Waals surface area (Å²) in [5.41, 5.74) is 0. The van der Waals surface area contributed by atoms with Crippen molar-refractivity contribution in [1.29, 1.82) is 0 Å². The second-order valence-electron chi connectivity index (χ2n) is 5.95. The molecule has 3 rings (SSSR count). The van der Waals surface area contributed by atoms with Crippen molar-refractivity contribution in [2.75, 3.05) is 6.61 Å². The van der Waals surface area contributed by atoms with Crippen LogP contribution in [0.25, 0.3) is 0 Å². The predicted octanol–water partition coefficient (Wildman–Crippen LogP) is 1.41. The van der Waals surface area contributed by atoms with Gasteiger partial charge in [-0.05, 0) is 38.0 Å². The lowest BCUT2D eigenvalue weighted by Gasteiger charge is -2.34. The van der Waals surface area contributed by atoms with Crippen molar-refractivity contribution in [3.8, 4) is 0 Å². The van der Waals surface area contributed by atoms with E-state index < -0.39 is 18.1 Å². The molecule has 1 N–H and O–H groups in total. The molecule has 0 aromatic heterocycles. The third kappa shape index (κ3) is 2.24. The topological polar surface area (TPSA) is 66.8 Å². The van der Waals surface area contributed by atoms with Gasteiger partial charge in [0.15, 0.2) is 0 Å². The lowest BCUT2D eigenvalue weighted by atomic mass is 9.84. The van der Waals surface area contributed by atoms with E-state index in [4.69, 9.17) is 4.74 Å². The molecule has 0 aromatic rings. The van der Waals surface area contributed by atoms with Crippen LogP contribution >= 0.6 is 0 Å². The summed E-state index contributed by atoms with van der Waals surface area (Å²) in [7, 11) is 0. The van der Waals surface area contributed by atoms with Crippen LogP contribution in [0.4, 0.5) is 0 Å². The first kappa shape index (κ1) is 12.9. The van der Waals surface area contributed by atoms with Crippen LogP contribution in [0.3, 0.4) is 0 Å². The smallest absolute Gasteiger partial charge is 0.326 e. The Morgan fingerprint density at radius 1 is 1.11 bits per heavy atom. The maximum Gasteiger partial charge on any atom is 0.326 e. The van der Waals surface area contributed by atoms with E-state index in [1.807, 2.05) is 0 Å². The van der Waals surface area contributed by atoms with Crippen LogP contribution in [-0.2, 0) is 14.3 Å². The van der Waals surface area contributed by atoms with Gasteiger partial charge in [0.25, 0.3) is 5.91 Å². The van der Waals surface area contributed by atoms with Gasteiger partial charge in [0.1, 0.15) is 12.1 Å². The molecule has 19 heavy (non-hydrogen) atoms. The van der Waals surface area contributed by atoms with E-state index in [-0.39, 0.29) is 11.9 Å². The minimum atomic E-state index is -0.860. The maximum atomic E-state index is 12.6. The summed E-state index contributed by atoms with van der Waals surface area (Å²) in [4.78, 5) is 25.6. The van der Waals surface area contributed by atoms with Crippen molar-refractivity contribution >= 4 is 11.9 Å². The number of carboxylic acids is 1. The van der Waals surface area contributed by atoms with Crippen LogP contribution in [0.15, 0.2) is 0 Å². The summed E-state index contributed by atoms with van der Waals surface area (Å²) in [6, 6.07) is -0.503. The molecule has 2 aliphatic heterocycles. The molecule has 4 unspecified atom stereocenters. The third-order valence-electron chi connectivity index (χ3n) is 4.83. The predicted molar refractivity (Wildman–Crippen MR) is 67.6 cm³/mol. The molecule has 106 valence electrons. The Morgan fingerprint density at radius 2 is 1.89 bits per heavy atom. The van der Waals surface area contributed by atoms with Gasteiger partial charge in [-0.2, -0.15) is 0 Å². The average molecular weight is 267 g/mol. The minimum Gasteiger partial charge on any atom is -0.480 e. The Balaban J connectivity index is 1.81. The van der Waals surface area contributed by atoms with E-state index in [9.17, 15) is 14.7 Å². The summed E-state index contributed by atoms with van der Waals surface area (Å²) in [5, 5.41) is 9.39. The first-order valence-electron chi connectivity index (χ1n) is 7.35. The number of hydrogen-bond donors (Lipinski definition) is 1. The number of amides is 1. The molecule has 3 fully saturated rings. The highest BCUT2D eigenvalue weighted by atomic mass is 16.5. The van der Waals surface area contributed by atoms with Gasteiger partial charge in [-0.25, -0.2) is 4.79 Å². The molecule has 0 bridgehead atoms. The van der Waals surface area contributed by atoms with Crippen molar-refractivity contribution in [1.82, 2.24) is 4.90 Å². The number of likely N-dealkylation sites (tertiary alicyclic amines) is 1. The third-order valence-corrected chi connectivity index (χ3v) is 4.83. The molecule has 0 radical (unpaired) electrons. The van der Waals surface area contributed by atoms with Crippen molar-refractivity contribution in [2.45, 2.75) is 63.1 Å². The molecule has 1 saturated carbocycles. The molecule has 0 aromatic carbocycles. The minimum absolute atomic E-state index is 0.0840. The number of carbonyl (C=O) groups excluding carboxylic acids is 1. The first-order valence-corrected chi connectivity index (χ1v) is 7.35. The molecule has 5 nitrogen and oxygen atoms in total. The van der Waals surface area contributed by atoms with Crippen LogP contribution in [0, 0.1) is 5.92 Å². The molecule has 2 saturated heterocycles. The van der Waals surface area contributed by atoms with Crippen molar-refractivity contribution < 1.29 is 19.4 Å². The summed E-state index contributed by atoms with van der Waals surface area (Å²) < 4.78 is 5.45. The molecule has 2 heterocycles. The average Bonchev–Trinajstić information content (AvgIpc) is 3.05. The number of nitrogens with zero attached hydrogens (tertiary/aromatic N) is 1. The van der Waals surface area contributed by atoms with Crippen molar-refractivity contribution in [3.05, 3.63) is 0 Å². The van der Waals surface area contributed by atoms with Crippen LogP contribution in [0.1, 0.15) is 44.9 Å². The Morgan fingerprint density at radius 3 is 2.58 bits per heavy atom. The van der Waals surface area contributed by atoms with E-state index in [2.05, 4.69) is 0 Å². The zero-order valence-corrected chi connectivity index (χ0v) is 11.1. The molecule has 3 aliphatic rings. The lowest BCUT2D eigenvalue weighted by Crippen LogP contribution is -2.50. The highest BCUT2D eigenvalue weighted by molar-refractivity contribution is 5.87. The second-order valence-corrected chi connectivity index (χ2v) is 5.95. The number of hydrogen-bond acceptors (Lipinski definition) is 3.